The molecule has 0 aromatic heterocycles. The van der Waals surface area contributed by atoms with Crippen molar-refractivity contribution in [3.8, 4) is 0 Å². The fourth-order valence-corrected chi connectivity index (χ4v) is 1.03. The molecule has 0 amide bonds. The molecule has 0 radical (unpaired) electrons. The predicted molar refractivity (Wildman–Crippen MR) is 87.9 cm³/mol. The van der Waals surface area contributed by atoms with Crippen LogP contribution in [0.15, 0.2) is 91.0 Å². The van der Waals surface area contributed by atoms with Crippen LogP contribution in [0.4, 0.5) is 0 Å². The van der Waals surface area contributed by atoms with E-state index in [-0.39, 0.29) is 33.0 Å². The maximum Gasteiger partial charge on any atom is 2.00 e. The first-order valence-corrected chi connectivity index (χ1v) is 7.48. The maximum absolute atomic E-state index is 8.70. The van der Waals surface area contributed by atoms with E-state index in [0.717, 1.165) is 0 Å². The molecule has 3 nitrogen and oxygen atoms in total. The van der Waals surface area contributed by atoms with Crippen LogP contribution in [-0.2, 0) is 37.5 Å². The summed E-state index contributed by atoms with van der Waals surface area (Å²) in [5.41, 5.74) is 0. The van der Waals surface area contributed by atoms with Crippen LogP contribution in [0.5, 0.6) is 0 Å². The van der Waals surface area contributed by atoms with Gasteiger partial charge in [0.2, 0.25) is 0 Å². The summed E-state index contributed by atoms with van der Waals surface area (Å²) in [5.74, 6) is 0. The fourth-order valence-electron chi connectivity index (χ4n) is 1.03. The summed E-state index contributed by atoms with van der Waals surface area (Å²) in [6.07, 6.45) is 0. The van der Waals surface area contributed by atoms with Crippen molar-refractivity contribution in [2.24, 2.45) is 0 Å². The van der Waals surface area contributed by atoms with Crippen molar-refractivity contribution in [2.75, 3.05) is 0 Å². The molecule has 0 unspecified atom stereocenters. The third-order valence-corrected chi connectivity index (χ3v) is 1.82. The van der Waals surface area contributed by atoms with Gasteiger partial charge in [0, 0.05) is 21.1 Å². The Morgan fingerprint density at radius 1 is 0.542 bits per heavy atom. The zero-order valence-electron chi connectivity index (χ0n) is 12.5. The molecule has 132 valence electrons. The van der Waals surface area contributed by atoms with Gasteiger partial charge in [0.25, 0.3) is 0 Å². The SMILES string of the molecule is O=[P+](O)O.[Ni+2].[Ni].[c-]1ccccc1.[c-]1ccccc1.[c-]1ccccc1. The first kappa shape index (κ1) is 27.5. The van der Waals surface area contributed by atoms with E-state index in [0.29, 0.717) is 0 Å². The Morgan fingerprint density at radius 2 is 0.708 bits per heavy atom. The Labute approximate surface area is 164 Å². The Hall–Kier alpha value is -1.33. The molecule has 2 N–H and O–H groups in total. The minimum Gasteiger partial charge on any atom is -0.184 e. The van der Waals surface area contributed by atoms with Crippen LogP contribution in [0.3, 0.4) is 0 Å². The van der Waals surface area contributed by atoms with Crippen LogP contribution in [0, 0.1) is 18.2 Å². The zero-order chi connectivity index (χ0) is 16.3. The summed E-state index contributed by atoms with van der Waals surface area (Å²) in [7, 11) is -2.87. The van der Waals surface area contributed by atoms with Gasteiger partial charge in [-0.1, -0.05) is 0 Å². The Bertz CT molecular complexity index is 396. The molecule has 0 heterocycles. The second kappa shape index (κ2) is 23.9. The van der Waals surface area contributed by atoms with Crippen molar-refractivity contribution in [3.63, 3.8) is 0 Å². The minimum atomic E-state index is -2.87. The Balaban J connectivity index is -0.000000241. The van der Waals surface area contributed by atoms with E-state index in [4.69, 9.17) is 14.4 Å². The van der Waals surface area contributed by atoms with Gasteiger partial charge >= 0.3 is 24.7 Å². The largest absolute Gasteiger partial charge is 2.00 e. The number of benzene rings is 3. The summed E-state index contributed by atoms with van der Waals surface area (Å²) in [4.78, 5) is 14.2. The van der Waals surface area contributed by atoms with E-state index >= 15 is 0 Å². The van der Waals surface area contributed by atoms with Crippen molar-refractivity contribution in [1.82, 2.24) is 0 Å². The summed E-state index contributed by atoms with van der Waals surface area (Å²) in [6.45, 7) is 0. The van der Waals surface area contributed by atoms with Crippen LogP contribution < -0.4 is 0 Å². The number of hydrogen-bond acceptors (Lipinski definition) is 1. The van der Waals surface area contributed by atoms with Gasteiger partial charge in [-0.25, -0.2) is 0 Å². The topological polar surface area (TPSA) is 57.5 Å². The summed E-state index contributed by atoms with van der Waals surface area (Å²) >= 11 is 0. The number of hydrogen-bond donors (Lipinski definition) is 2. The molecule has 6 heteroatoms. The molecule has 3 rings (SSSR count). The van der Waals surface area contributed by atoms with Gasteiger partial charge in [0.1, 0.15) is 0 Å². The molecule has 0 aliphatic carbocycles. The van der Waals surface area contributed by atoms with E-state index in [9.17, 15) is 0 Å². The first-order chi connectivity index (χ1) is 10.7. The molecular formula is C18H17Ni2O3P. The van der Waals surface area contributed by atoms with Gasteiger partial charge in [-0.3, -0.25) is 0 Å². The van der Waals surface area contributed by atoms with Crippen LogP contribution in [0.25, 0.3) is 0 Å². The third kappa shape index (κ3) is 28.8. The molecule has 0 aliphatic heterocycles. The quantitative estimate of drug-likeness (QED) is 0.322. The number of rotatable bonds is 0. The molecule has 0 aliphatic rings. The van der Waals surface area contributed by atoms with E-state index in [1.165, 1.54) is 0 Å². The third-order valence-electron chi connectivity index (χ3n) is 1.82. The van der Waals surface area contributed by atoms with E-state index in [1.807, 2.05) is 91.0 Å². The monoisotopic (exact) mass is 428 g/mol. The van der Waals surface area contributed by atoms with Crippen molar-refractivity contribution >= 4 is 8.25 Å². The van der Waals surface area contributed by atoms with Crippen molar-refractivity contribution in [3.05, 3.63) is 109 Å². The van der Waals surface area contributed by atoms with Crippen LogP contribution in [-0.4, -0.2) is 9.79 Å². The van der Waals surface area contributed by atoms with Crippen molar-refractivity contribution in [2.45, 2.75) is 0 Å². The maximum atomic E-state index is 8.70. The average molecular weight is 430 g/mol. The Morgan fingerprint density at radius 3 is 0.750 bits per heavy atom. The van der Waals surface area contributed by atoms with Crippen LogP contribution in [0.2, 0.25) is 0 Å². The molecule has 0 bridgehead atoms. The molecule has 3 aromatic rings. The molecule has 0 saturated carbocycles. The van der Waals surface area contributed by atoms with Gasteiger partial charge in [0.15, 0.2) is 0 Å². The normalized spacial score (nSPS) is 7.08. The molecule has 0 fully saturated rings. The summed E-state index contributed by atoms with van der Waals surface area (Å²) in [5, 5.41) is 0. The summed E-state index contributed by atoms with van der Waals surface area (Å²) in [6, 6.07) is 37.5. The fraction of sp³-hybridized carbons (Fsp3) is 0. The molecule has 0 saturated heterocycles. The zero-order valence-corrected chi connectivity index (χ0v) is 15.4. The molecule has 0 atom stereocenters. The van der Waals surface area contributed by atoms with E-state index in [2.05, 4.69) is 18.2 Å². The van der Waals surface area contributed by atoms with Crippen LogP contribution >= 0.6 is 8.25 Å². The molecule has 3 aromatic carbocycles. The van der Waals surface area contributed by atoms with Gasteiger partial charge in [0.05, 0.1) is 0 Å². The van der Waals surface area contributed by atoms with Gasteiger partial charge in [-0.15, -0.1) is 9.79 Å². The predicted octanol–water partition coefficient (Wildman–Crippen LogP) is 4.08. The standard InChI is InChI=1S/3C6H5.2Ni.HO3P/c3*1-2-4-6-5-3-1;;;1-4(2)3/h3*1-5H;;;(H-,1,2,3)/q3*-1;;+2;/p+1. The van der Waals surface area contributed by atoms with Crippen molar-refractivity contribution in [1.29, 1.82) is 0 Å². The van der Waals surface area contributed by atoms with E-state index in [1.54, 1.807) is 0 Å². The second-order valence-corrected chi connectivity index (χ2v) is 3.99. The molecule has 0 spiro atoms. The Kier molecular flexibility index (Phi) is 27.4. The van der Waals surface area contributed by atoms with Gasteiger partial charge in [-0.2, -0.15) is 109 Å². The van der Waals surface area contributed by atoms with Gasteiger partial charge < -0.3 is 0 Å². The van der Waals surface area contributed by atoms with Crippen molar-refractivity contribution < 1.29 is 47.3 Å². The summed E-state index contributed by atoms with van der Waals surface area (Å²) < 4.78 is 8.70. The van der Waals surface area contributed by atoms with E-state index < -0.39 is 8.25 Å². The molecular weight excluding hydrogens is 413 g/mol. The average Bonchev–Trinajstić information content (AvgIpc) is 2.60. The smallest absolute Gasteiger partial charge is 0.184 e. The van der Waals surface area contributed by atoms with Gasteiger partial charge in [-0.05, 0) is 0 Å². The second-order valence-electron chi connectivity index (χ2n) is 3.48. The molecule has 24 heavy (non-hydrogen) atoms. The first-order valence-electron chi connectivity index (χ1n) is 6.31. The van der Waals surface area contributed by atoms with Crippen LogP contribution in [0.1, 0.15) is 0 Å². The minimum absolute atomic E-state index is 0.